The first-order valence-corrected chi connectivity index (χ1v) is 28.2. The maximum Gasteiger partial charge on any atom is 0.220 e. The van der Waals surface area contributed by atoms with Gasteiger partial charge in [-0.3, -0.25) is 4.79 Å². The molecule has 0 heterocycles. The van der Waals surface area contributed by atoms with Gasteiger partial charge >= 0.3 is 0 Å². The number of carbonyl (C=O) groups is 1. The van der Waals surface area contributed by atoms with Crippen LogP contribution in [0.1, 0.15) is 335 Å². The Hall–Kier alpha value is -0.610. The number of unbranched alkanes of at least 4 members (excludes halogenated alkanes) is 46. The molecule has 2 atom stereocenters. The number of aliphatic hydroxyl groups is 2. The van der Waals surface area contributed by atoms with E-state index < -0.39 is 12.1 Å². The normalized spacial score (nSPS) is 12.7. The quantitative estimate of drug-likeness (QED) is 0.0534. The summed E-state index contributed by atoms with van der Waals surface area (Å²) in [5.41, 5.74) is 0. The van der Waals surface area contributed by atoms with Crippen molar-refractivity contribution < 1.29 is 15.0 Å². The van der Waals surface area contributed by atoms with Gasteiger partial charge in [-0.2, -0.15) is 0 Å². The van der Waals surface area contributed by atoms with Crippen LogP contribution < -0.4 is 5.32 Å². The number of carbonyl (C=O) groups excluding carboxylic acids is 1. The second kappa shape index (κ2) is 52.7. The third-order valence-electron chi connectivity index (χ3n) is 13.6. The highest BCUT2D eigenvalue weighted by molar-refractivity contribution is 5.76. The summed E-state index contributed by atoms with van der Waals surface area (Å²) < 4.78 is 0. The molecule has 0 unspecified atom stereocenters. The second-order valence-corrected chi connectivity index (χ2v) is 19.7. The molecule has 4 nitrogen and oxygen atoms in total. The molecule has 4 heteroatoms. The van der Waals surface area contributed by atoms with Crippen LogP contribution in [0.2, 0.25) is 0 Å². The van der Waals surface area contributed by atoms with E-state index in [1.807, 2.05) is 0 Å². The topological polar surface area (TPSA) is 69.6 Å². The van der Waals surface area contributed by atoms with Crippen LogP contribution in [0, 0.1) is 0 Å². The van der Waals surface area contributed by atoms with Gasteiger partial charge in [0.15, 0.2) is 0 Å². The van der Waals surface area contributed by atoms with Crippen molar-refractivity contribution in [2.24, 2.45) is 0 Å². The van der Waals surface area contributed by atoms with Gasteiger partial charge in [-0.25, -0.2) is 0 Å². The van der Waals surface area contributed by atoms with E-state index in [0.717, 1.165) is 25.7 Å². The molecule has 0 aromatic heterocycles. The molecule has 360 valence electrons. The average Bonchev–Trinajstić information content (AvgIpc) is 3.25. The fourth-order valence-electron chi connectivity index (χ4n) is 9.31. The Bertz CT molecular complexity index is 788. The minimum Gasteiger partial charge on any atom is -0.394 e. The van der Waals surface area contributed by atoms with Crippen molar-refractivity contribution >= 4 is 5.91 Å². The first-order valence-electron chi connectivity index (χ1n) is 28.2. The van der Waals surface area contributed by atoms with Gasteiger partial charge in [0.2, 0.25) is 5.91 Å². The Morgan fingerprint density at radius 3 is 0.750 bits per heavy atom. The van der Waals surface area contributed by atoms with Crippen molar-refractivity contribution in [3.63, 3.8) is 0 Å². The number of amides is 1. The lowest BCUT2D eigenvalue weighted by Gasteiger charge is -2.22. The van der Waals surface area contributed by atoms with Crippen LogP contribution in [-0.2, 0) is 4.79 Å². The minimum absolute atomic E-state index is 0.0232. The van der Waals surface area contributed by atoms with E-state index in [1.54, 1.807) is 0 Å². The second-order valence-electron chi connectivity index (χ2n) is 19.7. The van der Waals surface area contributed by atoms with E-state index in [4.69, 9.17) is 0 Å². The molecule has 0 bridgehead atoms. The number of aliphatic hydroxyl groups excluding tert-OH is 2. The first kappa shape index (κ1) is 59.4. The summed E-state index contributed by atoms with van der Waals surface area (Å²) in [7, 11) is 0. The van der Waals surface area contributed by atoms with Gasteiger partial charge in [0.1, 0.15) is 0 Å². The molecule has 1 amide bonds. The molecule has 0 aliphatic rings. The van der Waals surface area contributed by atoms with Crippen LogP contribution in [0.5, 0.6) is 0 Å². The standard InChI is InChI=1S/C56H113NO3/c1-3-5-7-9-11-13-15-17-19-20-21-22-23-24-25-26-27-28-29-30-31-32-33-34-35-36-37-38-40-42-44-46-48-50-52-56(60)57-54(53-58)55(59)51-49-47-45-43-41-39-18-16-14-12-10-8-6-4-2/h54-55,58-59H,3-53H2,1-2H3,(H,57,60)/t54-,55+/m0/s1. The molecule has 3 N–H and O–H groups in total. The van der Waals surface area contributed by atoms with Crippen molar-refractivity contribution in [2.75, 3.05) is 6.61 Å². The third kappa shape index (κ3) is 48.4. The molecule has 0 saturated carbocycles. The van der Waals surface area contributed by atoms with Crippen LogP contribution in [0.4, 0.5) is 0 Å². The summed E-state index contributed by atoms with van der Waals surface area (Å²) in [5, 5.41) is 23.3. The molecule has 0 spiro atoms. The van der Waals surface area contributed by atoms with Gasteiger partial charge in [0.25, 0.3) is 0 Å². The van der Waals surface area contributed by atoms with Crippen LogP contribution in [0.3, 0.4) is 0 Å². The van der Waals surface area contributed by atoms with E-state index in [1.165, 1.54) is 283 Å². The van der Waals surface area contributed by atoms with E-state index in [9.17, 15) is 15.0 Å². The van der Waals surface area contributed by atoms with Crippen LogP contribution in [0.15, 0.2) is 0 Å². The average molecular weight is 849 g/mol. The monoisotopic (exact) mass is 848 g/mol. The Labute approximate surface area is 378 Å². The Morgan fingerprint density at radius 2 is 0.533 bits per heavy atom. The summed E-state index contributed by atoms with van der Waals surface area (Å²) in [4.78, 5) is 12.5. The van der Waals surface area contributed by atoms with E-state index in [-0.39, 0.29) is 12.5 Å². The van der Waals surface area contributed by atoms with Gasteiger partial charge < -0.3 is 15.5 Å². The van der Waals surface area contributed by atoms with Crippen molar-refractivity contribution in [2.45, 2.75) is 347 Å². The molecule has 0 aromatic carbocycles. The number of hydrogen-bond acceptors (Lipinski definition) is 3. The Morgan fingerprint density at radius 1 is 0.333 bits per heavy atom. The van der Waals surface area contributed by atoms with Gasteiger partial charge in [-0.15, -0.1) is 0 Å². The van der Waals surface area contributed by atoms with Gasteiger partial charge in [-0.05, 0) is 12.8 Å². The highest BCUT2D eigenvalue weighted by Crippen LogP contribution is 2.18. The lowest BCUT2D eigenvalue weighted by molar-refractivity contribution is -0.123. The summed E-state index contributed by atoms with van der Waals surface area (Å²) in [5.74, 6) is -0.0232. The molecule has 0 aliphatic heterocycles. The predicted molar refractivity (Wildman–Crippen MR) is 267 cm³/mol. The lowest BCUT2D eigenvalue weighted by atomic mass is 10.0. The molecule has 0 rings (SSSR count). The predicted octanol–water partition coefficient (Wildman–Crippen LogP) is 18.4. The maximum absolute atomic E-state index is 12.5. The van der Waals surface area contributed by atoms with Gasteiger partial charge in [-0.1, -0.05) is 316 Å². The lowest BCUT2D eigenvalue weighted by Crippen LogP contribution is -2.45. The van der Waals surface area contributed by atoms with Crippen LogP contribution in [0.25, 0.3) is 0 Å². The summed E-state index contributed by atoms with van der Waals surface area (Å²) in [6, 6.07) is -0.530. The van der Waals surface area contributed by atoms with E-state index >= 15 is 0 Å². The van der Waals surface area contributed by atoms with Crippen molar-refractivity contribution in [1.29, 1.82) is 0 Å². The van der Waals surface area contributed by atoms with Crippen LogP contribution in [-0.4, -0.2) is 34.9 Å². The van der Waals surface area contributed by atoms with E-state index in [2.05, 4.69) is 19.2 Å². The SMILES string of the molecule is CCCCCCCCCCCCCCCCCCCCCCCCCCCCCCCCCCCCC(=O)N[C@@H](CO)[C@H](O)CCCCCCCCCCCCCCCC. The fourth-order valence-corrected chi connectivity index (χ4v) is 9.31. The fraction of sp³-hybridized carbons (Fsp3) is 0.982. The van der Waals surface area contributed by atoms with Gasteiger partial charge in [0, 0.05) is 6.42 Å². The Balaban J connectivity index is 3.34. The highest BCUT2D eigenvalue weighted by Gasteiger charge is 2.20. The molecular formula is C56H113NO3. The third-order valence-corrected chi connectivity index (χ3v) is 13.6. The molecule has 60 heavy (non-hydrogen) atoms. The van der Waals surface area contributed by atoms with Crippen molar-refractivity contribution in [1.82, 2.24) is 5.32 Å². The highest BCUT2D eigenvalue weighted by atomic mass is 16.3. The zero-order chi connectivity index (χ0) is 43.5. The zero-order valence-electron chi connectivity index (χ0n) is 41.5. The maximum atomic E-state index is 12.5. The Kier molecular flexibility index (Phi) is 52.2. The molecule has 0 fully saturated rings. The van der Waals surface area contributed by atoms with Crippen LogP contribution >= 0.6 is 0 Å². The minimum atomic E-state index is -0.653. The number of rotatable bonds is 53. The van der Waals surface area contributed by atoms with Crippen molar-refractivity contribution in [3.8, 4) is 0 Å². The molecular weight excluding hydrogens is 735 g/mol. The number of nitrogens with one attached hydrogen (secondary N) is 1. The molecule has 0 radical (unpaired) electrons. The molecule has 0 aromatic rings. The summed E-state index contributed by atoms with van der Waals surface area (Å²) in [6.45, 7) is 4.39. The molecule has 0 aliphatic carbocycles. The summed E-state index contributed by atoms with van der Waals surface area (Å²) >= 11 is 0. The first-order chi connectivity index (χ1) is 29.7. The van der Waals surface area contributed by atoms with Crippen molar-refractivity contribution in [3.05, 3.63) is 0 Å². The van der Waals surface area contributed by atoms with E-state index in [0.29, 0.717) is 12.8 Å². The smallest absolute Gasteiger partial charge is 0.220 e. The molecule has 0 saturated heterocycles. The van der Waals surface area contributed by atoms with Gasteiger partial charge in [0.05, 0.1) is 18.8 Å². The largest absolute Gasteiger partial charge is 0.394 e. The summed E-state index contributed by atoms with van der Waals surface area (Å²) in [6.07, 6.45) is 66.8. The number of hydrogen-bond donors (Lipinski definition) is 3. The zero-order valence-corrected chi connectivity index (χ0v) is 41.5.